The topological polar surface area (TPSA) is 68.1 Å². The normalized spacial score (nSPS) is 10.3. The summed E-state index contributed by atoms with van der Waals surface area (Å²) in [4.78, 5) is 15.1. The number of benzene rings is 1. The Balaban J connectivity index is 2.48. The van der Waals surface area contributed by atoms with E-state index in [1.807, 2.05) is 0 Å². The lowest BCUT2D eigenvalue weighted by molar-refractivity contribution is 0.103. The van der Waals surface area contributed by atoms with Crippen LogP contribution in [0.4, 0.5) is 5.82 Å². The number of ether oxygens (including phenoxy) is 1. The number of carbonyl (C=O) groups is 1. The van der Waals surface area contributed by atoms with Crippen LogP contribution in [0.1, 0.15) is 15.9 Å². The molecule has 18 heavy (non-hydrogen) atoms. The molecule has 0 unspecified atom stereocenters. The molecule has 2 aromatic rings. The number of nitrogens with one attached hydrogen (secondary N) is 1. The van der Waals surface area contributed by atoms with E-state index >= 15 is 0 Å². The fourth-order valence-corrected chi connectivity index (χ4v) is 1.76. The van der Waals surface area contributed by atoms with Gasteiger partial charge in [0.15, 0.2) is 5.78 Å². The zero-order valence-corrected chi connectivity index (χ0v) is 10.1. The Morgan fingerprint density at radius 3 is 2.33 bits per heavy atom. The van der Waals surface area contributed by atoms with Gasteiger partial charge < -0.3 is 15.5 Å². The quantitative estimate of drug-likeness (QED) is 0.777. The maximum absolute atomic E-state index is 12.3. The van der Waals surface area contributed by atoms with Gasteiger partial charge in [0, 0.05) is 16.1 Å². The number of methoxy groups -OCH3 is 1. The van der Waals surface area contributed by atoms with E-state index in [4.69, 9.17) is 10.5 Å². The molecular formula is C14H14N2O2. The summed E-state index contributed by atoms with van der Waals surface area (Å²) < 4.78 is 5.04. The summed E-state index contributed by atoms with van der Waals surface area (Å²) in [6, 6.07) is 6.83. The Morgan fingerprint density at radius 2 is 1.89 bits per heavy atom. The van der Waals surface area contributed by atoms with Crippen molar-refractivity contribution in [3.8, 4) is 5.75 Å². The van der Waals surface area contributed by atoms with Crippen LogP contribution in [0.25, 0.3) is 13.2 Å². The first-order valence-electron chi connectivity index (χ1n) is 5.38. The number of hydrogen-bond donors (Lipinski definition) is 2. The number of ketones is 1. The molecular weight excluding hydrogens is 228 g/mol. The van der Waals surface area contributed by atoms with Crippen LogP contribution in [-0.4, -0.2) is 17.9 Å². The summed E-state index contributed by atoms with van der Waals surface area (Å²) >= 11 is 0. The van der Waals surface area contributed by atoms with E-state index in [-0.39, 0.29) is 5.78 Å². The first kappa shape index (κ1) is 12.0. The summed E-state index contributed by atoms with van der Waals surface area (Å²) in [5, 5.41) is 1.10. The molecule has 2 rings (SSSR count). The van der Waals surface area contributed by atoms with Crippen molar-refractivity contribution in [1.29, 1.82) is 0 Å². The largest absolute Gasteiger partial charge is 0.497 e. The van der Waals surface area contributed by atoms with E-state index in [0.29, 0.717) is 33.3 Å². The van der Waals surface area contributed by atoms with E-state index < -0.39 is 0 Å². The highest BCUT2D eigenvalue weighted by molar-refractivity contribution is 6.11. The predicted octanol–water partition coefficient (Wildman–Crippen LogP) is 0.657. The summed E-state index contributed by atoms with van der Waals surface area (Å²) in [6.45, 7) is 7.54. The van der Waals surface area contributed by atoms with Gasteiger partial charge >= 0.3 is 0 Å². The van der Waals surface area contributed by atoms with Gasteiger partial charge in [-0.15, -0.1) is 0 Å². The van der Waals surface area contributed by atoms with Gasteiger partial charge in [-0.2, -0.15) is 0 Å². The van der Waals surface area contributed by atoms with Gasteiger partial charge in [-0.3, -0.25) is 4.79 Å². The molecule has 1 aromatic heterocycles. The third-order valence-corrected chi connectivity index (χ3v) is 2.80. The molecule has 0 aliphatic heterocycles. The van der Waals surface area contributed by atoms with Crippen LogP contribution in [0, 0.1) is 0 Å². The fraction of sp³-hybridized carbons (Fsp3) is 0.0714. The van der Waals surface area contributed by atoms with Crippen molar-refractivity contribution < 1.29 is 9.53 Å². The lowest BCUT2D eigenvalue weighted by Gasteiger charge is -2.02. The maximum atomic E-state index is 12.3. The minimum Gasteiger partial charge on any atom is -0.497 e. The molecule has 0 saturated carbocycles. The molecule has 0 aliphatic carbocycles. The summed E-state index contributed by atoms with van der Waals surface area (Å²) in [7, 11) is 1.57. The van der Waals surface area contributed by atoms with Crippen LogP contribution in [-0.2, 0) is 0 Å². The number of nitrogen functional groups attached to an aromatic ring is 1. The van der Waals surface area contributed by atoms with Crippen molar-refractivity contribution in [3.63, 3.8) is 0 Å². The maximum Gasteiger partial charge on any atom is 0.197 e. The summed E-state index contributed by atoms with van der Waals surface area (Å²) in [6.07, 6.45) is 0. The van der Waals surface area contributed by atoms with Crippen LogP contribution in [0.3, 0.4) is 0 Å². The van der Waals surface area contributed by atoms with Crippen molar-refractivity contribution >= 4 is 24.8 Å². The molecule has 4 nitrogen and oxygen atoms in total. The van der Waals surface area contributed by atoms with Gasteiger partial charge in [0.05, 0.1) is 12.7 Å². The minimum atomic E-state index is -0.175. The van der Waals surface area contributed by atoms with Crippen LogP contribution in [0.2, 0.25) is 0 Å². The van der Waals surface area contributed by atoms with Gasteiger partial charge in [0.1, 0.15) is 11.6 Å². The average Bonchev–Trinajstić information content (AvgIpc) is 2.63. The first-order valence-corrected chi connectivity index (χ1v) is 5.38. The highest BCUT2D eigenvalue weighted by Crippen LogP contribution is 2.15. The first-order chi connectivity index (χ1) is 8.54. The zero-order chi connectivity index (χ0) is 13.3. The average molecular weight is 242 g/mol. The molecule has 0 spiro atoms. The Hall–Kier alpha value is -2.49. The Kier molecular flexibility index (Phi) is 2.93. The lowest BCUT2D eigenvalue weighted by Crippen LogP contribution is -2.24. The number of hydrogen-bond acceptors (Lipinski definition) is 3. The fourth-order valence-electron chi connectivity index (χ4n) is 1.76. The molecule has 0 radical (unpaired) electrons. The van der Waals surface area contributed by atoms with Crippen molar-refractivity contribution in [2.24, 2.45) is 0 Å². The number of nitrogens with two attached hydrogens (primary N) is 1. The van der Waals surface area contributed by atoms with E-state index in [2.05, 4.69) is 18.1 Å². The van der Waals surface area contributed by atoms with Crippen molar-refractivity contribution in [3.05, 3.63) is 46.0 Å². The SMILES string of the molecule is C=c1[nH]c(N)c(C(=O)c2ccc(OC)cc2)c1=C. The van der Waals surface area contributed by atoms with Crippen LogP contribution >= 0.6 is 0 Å². The molecule has 0 aliphatic rings. The van der Waals surface area contributed by atoms with Crippen molar-refractivity contribution in [2.45, 2.75) is 0 Å². The van der Waals surface area contributed by atoms with E-state index in [9.17, 15) is 4.79 Å². The van der Waals surface area contributed by atoms with Gasteiger partial charge in [-0.05, 0) is 24.3 Å². The Labute approximate surface area is 104 Å². The Morgan fingerprint density at radius 1 is 1.28 bits per heavy atom. The molecule has 3 N–H and O–H groups in total. The summed E-state index contributed by atoms with van der Waals surface area (Å²) in [5.74, 6) is 0.818. The standard InChI is InChI=1S/C14H14N2O2/c1-8-9(2)16-14(15)12(8)13(17)10-4-6-11(18-3)7-5-10/h4-7,16H,1-2,15H2,3H3. The molecule has 0 saturated heterocycles. The molecule has 1 aromatic carbocycles. The number of rotatable bonds is 3. The molecule has 92 valence electrons. The molecule has 0 bridgehead atoms. The van der Waals surface area contributed by atoms with E-state index in [1.165, 1.54) is 0 Å². The van der Waals surface area contributed by atoms with Gasteiger partial charge in [-0.1, -0.05) is 13.2 Å². The highest BCUT2D eigenvalue weighted by atomic mass is 16.5. The van der Waals surface area contributed by atoms with E-state index in [0.717, 1.165) is 0 Å². The lowest BCUT2D eigenvalue weighted by atomic mass is 10.0. The number of carbonyl (C=O) groups excluding carboxylic acids is 1. The van der Waals surface area contributed by atoms with Crippen LogP contribution in [0.5, 0.6) is 5.75 Å². The second-order valence-corrected chi connectivity index (χ2v) is 3.93. The monoisotopic (exact) mass is 242 g/mol. The third kappa shape index (κ3) is 1.88. The molecule has 0 amide bonds. The molecule has 0 atom stereocenters. The number of aromatic amines is 1. The molecule has 4 heteroatoms. The van der Waals surface area contributed by atoms with Crippen molar-refractivity contribution in [1.82, 2.24) is 4.98 Å². The second-order valence-electron chi connectivity index (χ2n) is 3.93. The van der Waals surface area contributed by atoms with Gasteiger partial charge in [-0.25, -0.2) is 0 Å². The minimum absolute atomic E-state index is 0.175. The predicted molar refractivity (Wildman–Crippen MR) is 71.9 cm³/mol. The highest BCUT2D eigenvalue weighted by Gasteiger charge is 2.15. The van der Waals surface area contributed by atoms with Gasteiger partial charge in [0.25, 0.3) is 0 Å². The zero-order valence-electron chi connectivity index (χ0n) is 10.1. The summed E-state index contributed by atoms with van der Waals surface area (Å²) in [5.41, 5.74) is 6.67. The third-order valence-electron chi connectivity index (χ3n) is 2.80. The van der Waals surface area contributed by atoms with Crippen molar-refractivity contribution in [2.75, 3.05) is 12.8 Å². The number of aromatic nitrogens is 1. The van der Waals surface area contributed by atoms with Crippen LogP contribution < -0.4 is 21.0 Å². The molecule has 1 heterocycles. The Bertz CT molecular complexity index is 684. The van der Waals surface area contributed by atoms with E-state index in [1.54, 1.807) is 31.4 Å². The van der Waals surface area contributed by atoms with Crippen LogP contribution in [0.15, 0.2) is 24.3 Å². The second kappa shape index (κ2) is 4.41. The smallest absolute Gasteiger partial charge is 0.197 e. The number of H-pyrrole nitrogens is 1. The molecule has 0 fully saturated rings. The number of anilines is 1. The van der Waals surface area contributed by atoms with Gasteiger partial charge in [0.2, 0.25) is 0 Å².